The first-order valence-electron chi connectivity index (χ1n) is 20.8. The van der Waals surface area contributed by atoms with Crippen molar-refractivity contribution in [1.82, 2.24) is 10.2 Å². The summed E-state index contributed by atoms with van der Waals surface area (Å²) >= 11 is 0. The van der Waals surface area contributed by atoms with Gasteiger partial charge in [-0.1, -0.05) is 174 Å². The molecule has 1 saturated heterocycles. The molecule has 6 N–H and O–H groups in total. The Morgan fingerprint density at radius 2 is 1.00 bits per heavy atom. The van der Waals surface area contributed by atoms with E-state index in [-0.39, 0.29) is 12.5 Å². The highest BCUT2D eigenvalue weighted by Gasteiger charge is 2.48. The van der Waals surface area contributed by atoms with Crippen LogP contribution in [-0.4, -0.2) is 82.3 Å². The van der Waals surface area contributed by atoms with Crippen LogP contribution in [0.1, 0.15) is 194 Å². The Hall–Kier alpha value is -1.26. The number of nitrogens with two attached hydrogens (primary N) is 1. The summed E-state index contributed by atoms with van der Waals surface area (Å²) in [6.45, 7) is 4.14. The van der Waals surface area contributed by atoms with Crippen LogP contribution in [0.3, 0.4) is 0 Å². The molecule has 49 heavy (non-hydrogen) atoms. The van der Waals surface area contributed by atoms with E-state index in [4.69, 9.17) is 10.5 Å². The Labute approximate surface area is 300 Å². The van der Waals surface area contributed by atoms with E-state index in [9.17, 15) is 24.9 Å². The summed E-state index contributed by atoms with van der Waals surface area (Å²) in [5.41, 5.74) is 5.54. The maximum absolute atomic E-state index is 13.7. The summed E-state index contributed by atoms with van der Waals surface area (Å²) in [6.07, 6.45) is 28.8. The molecule has 0 aromatic rings. The summed E-state index contributed by atoms with van der Waals surface area (Å²) in [5.74, 6) is -0.595. The first kappa shape index (κ1) is 45.8. The minimum Gasteiger partial charge on any atom is -0.394 e. The van der Waals surface area contributed by atoms with Crippen molar-refractivity contribution in [3.05, 3.63) is 0 Å². The molecule has 290 valence electrons. The average Bonchev–Trinajstić information content (AvgIpc) is 3.10. The van der Waals surface area contributed by atoms with Crippen molar-refractivity contribution in [1.29, 1.82) is 0 Å². The molecule has 0 bridgehead atoms. The van der Waals surface area contributed by atoms with Crippen LogP contribution in [-0.2, 0) is 14.3 Å². The van der Waals surface area contributed by atoms with Crippen molar-refractivity contribution in [2.24, 2.45) is 5.73 Å². The lowest BCUT2D eigenvalue weighted by Gasteiger charge is -2.46. The van der Waals surface area contributed by atoms with E-state index in [0.29, 0.717) is 13.0 Å². The third kappa shape index (κ3) is 21.6. The highest BCUT2D eigenvalue weighted by Crippen LogP contribution is 2.26. The molecule has 0 spiro atoms. The summed E-state index contributed by atoms with van der Waals surface area (Å²) in [4.78, 5) is 27.6. The summed E-state index contributed by atoms with van der Waals surface area (Å²) in [5, 5.41) is 34.0. The molecule has 9 heteroatoms. The van der Waals surface area contributed by atoms with Gasteiger partial charge in [0, 0.05) is 13.0 Å². The second-order valence-corrected chi connectivity index (χ2v) is 14.7. The topological polar surface area (TPSA) is 145 Å². The second-order valence-electron chi connectivity index (χ2n) is 14.7. The Bertz CT molecular complexity index is 787. The first-order chi connectivity index (χ1) is 23.9. The second kappa shape index (κ2) is 31.5. The van der Waals surface area contributed by atoms with Gasteiger partial charge in [0.25, 0.3) is 0 Å². The smallest absolute Gasteiger partial charge is 0.234 e. The Morgan fingerprint density at radius 3 is 1.39 bits per heavy atom. The predicted octanol–water partition coefficient (Wildman–Crippen LogP) is 7.66. The van der Waals surface area contributed by atoms with Gasteiger partial charge in [-0.2, -0.15) is 0 Å². The van der Waals surface area contributed by atoms with Crippen molar-refractivity contribution < 1.29 is 29.6 Å². The van der Waals surface area contributed by atoms with Crippen molar-refractivity contribution >= 4 is 11.8 Å². The molecule has 5 atom stereocenters. The van der Waals surface area contributed by atoms with Crippen molar-refractivity contribution in [3.63, 3.8) is 0 Å². The van der Waals surface area contributed by atoms with E-state index in [1.54, 1.807) is 4.90 Å². The van der Waals surface area contributed by atoms with Crippen LogP contribution in [0.25, 0.3) is 0 Å². The number of hydrogen-bond acceptors (Lipinski definition) is 7. The fourth-order valence-corrected chi connectivity index (χ4v) is 7.07. The molecule has 0 aromatic carbocycles. The van der Waals surface area contributed by atoms with E-state index in [2.05, 4.69) is 19.2 Å². The number of hydrogen-bond donors (Lipinski definition) is 5. The van der Waals surface area contributed by atoms with E-state index < -0.39 is 43.1 Å². The number of ether oxygens (including phenoxy) is 1. The van der Waals surface area contributed by atoms with Gasteiger partial charge in [-0.3, -0.25) is 9.59 Å². The number of carbonyl (C=O) groups excluding carboxylic acids is 2. The lowest BCUT2D eigenvalue weighted by Crippen LogP contribution is -2.69. The lowest BCUT2D eigenvalue weighted by atomic mass is 9.94. The number of amides is 2. The Morgan fingerprint density at radius 1 is 0.612 bits per heavy atom. The highest BCUT2D eigenvalue weighted by molar-refractivity contribution is 5.79. The molecular formula is C40H79N3O6. The summed E-state index contributed by atoms with van der Waals surface area (Å²) in [7, 11) is 0. The minimum atomic E-state index is -1.41. The average molecular weight is 698 g/mol. The van der Waals surface area contributed by atoms with Crippen LogP contribution < -0.4 is 11.1 Å². The third-order valence-electron chi connectivity index (χ3n) is 10.3. The van der Waals surface area contributed by atoms with Gasteiger partial charge in [0.15, 0.2) is 6.23 Å². The van der Waals surface area contributed by atoms with Crippen LogP contribution in [0, 0.1) is 0 Å². The van der Waals surface area contributed by atoms with E-state index in [1.807, 2.05) is 0 Å². The molecule has 0 unspecified atom stereocenters. The van der Waals surface area contributed by atoms with Gasteiger partial charge in [0.2, 0.25) is 11.8 Å². The molecule has 2 amide bonds. The molecule has 0 aliphatic carbocycles. The molecule has 1 aliphatic heterocycles. The largest absolute Gasteiger partial charge is 0.394 e. The molecular weight excluding hydrogens is 618 g/mol. The molecule has 1 aliphatic rings. The molecule has 0 saturated carbocycles. The number of rotatable bonds is 33. The van der Waals surface area contributed by atoms with Gasteiger partial charge in [0.1, 0.15) is 24.4 Å². The lowest BCUT2D eigenvalue weighted by molar-refractivity contribution is -0.231. The van der Waals surface area contributed by atoms with E-state index >= 15 is 0 Å². The van der Waals surface area contributed by atoms with Crippen molar-refractivity contribution in [2.45, 2.75) is 224 Å². The molecule has 1 rings (SSSR count). The van der Waals surface area contributed by atoms with Gasteiger partial charge >= 0.3 is 0 Å². The molecule has 1 fully saturated rings. The van der Waals surface area contributed by atoms with Crippen LogP contribution in [0.2, 0.25) is 0 Å². The van der Waals surface area contributed by atoms with Gasteiger partial charge < -0.3 is 36.0 Å². The summed E-state index contributed by atoms with van der Waals surface area (Å²) < 4.78 is 6.04. The maximum Gasteiger partial charge on any atom is 0.234 e. The van der Waals surface area contributed by atoms with Crippen LogP contribution >= 0.6 is 0 Å². The zero-order valence-electron chi connectivity index (χ0n) is 31.9. The van der Waals surface area contributed by atoms with E-state index in [1.165, 1.54) is 135 Å². The SMILES string of the molecule is CCCCCCCCCCCCCCCCCC(=O)N(CCCCCCCCCCCCCC)[C@@H]1O[C@H](CO)[C@H](O)[C@H](O)[C@H]1NC(=O)CN. The zero-order chi connectivity index (χ0) is 36.0. The number of nitrogens with one attached hydrogen (secondary N) is 1. The summed E-state index contributed by atoms with van der Waals surface area (Å²) in [6, 6.07) is -1.05. The maximum atomic E-state index is 13.7. The number of unbranched alkanes of at least 4 members (excludes halogenated alkanes) is 25. The number of nitrogens with zero attached hydrogens (tertiary/aromatic N) is 1. The molecule has 0 aromatic heterocycles. The number of aliphatic hydroxyl groups excluding tert-OH is 3. The van der Waals surface area contributed by atoms with Crippen molar-refractivity contribution in [3.8, 4) is 0 Å². The third-order valence-corrected chi connectivity index (χ3v) is 10.3. The van der Waals surface area contributed by atoms with Crippen molar-refractivity contribution in [2.75, 3.05) is 19.7 Å². The monoisotopic (exact) mass is 698 g/mol. The fourth-order valence-electron chi connectivity index (χ4n) is 7.07. The van der Waals surface area contributed by atoms with Gasteiger partial charge in [-0.05, 0) is 12.8 Å². The molecule has 0 radical (unpaired) electrons. The normalized spacial score (nSPS) is 20.8. The van der Waals surface area contributed by atoms with Gasteiger partial charge in [-0.15, -0.1) is 0 Å². The molecule has 9 nitrogen and oxygen atoms in total. The Kier molecular flexibility index (Phi) is 29.4. The minimum absolute atomic E-state index is 0.0879. The van der Waals surface area contributed by atoms with E-state index in [0.717, 1.165) is 38.5 Å². The van der Waals surface area contributed by atoms with Crippen LogP contribution in [0.5, 0.6) is 0 Å². The van der Waals surface area contributed by atoms with Gasteiger partial charge in [-0.25, -0.2) is 0 Å². The highest BCUT2D eigenvalue weighted by atomic mass is 16.5. The number of carbonyl (C=O) groups is 2. The van der Waals surface area contributed by atoms with Crippen LogP contribution in [0.4, 0.5) is 0 Å². The predicted molar refractivity (Wildman–Crippen MR) is 201 cm³/mol. The standard InChI is InChI=1S/C40H79N3O6/c1-3-5-7-9-11-13-15-17-18-19-20-22-24-26-28-30-36(46)43(31-29-27-25-23-21-16-14-12-10-8-6-4-2)40-37(42-35(45)32-41)39(48)38(47)34(33-44)49-40/h34,37-40,44,47-48H,3-33,41H2,1-2H3,(H,42,45)/t34-,37-,38+,39-,40-/m1/s1. The number of aliphatic hydroxyl groups is 3. The quantitative estimate of drug-likeness (QED) is 0.0443. The molecule has 1 heterocycles. The Balaban J connectivity index is 2.54. The zero-order valence-corrected chi connectivity index (χ0v) is 31.9. The van der Waals surface area contributed by atoms with Crippen LogP contribution in [0.15, 0.2) is 0 Å². The van der Waals surface area contributed by atoms with Gasteiger partial charge in [0.05, 0.1) is 13.2 Å². The first-order valence-corrected chi connectivity index (χ1v) is 20.8. The fraction of sp³-hybridized carbons (Fsp3) is 0.950.